The first-order valence-corrected chi connectivity index (χ1v) is 9.29. The van der Waals surface area contributed by atoms with Crippen LogP contribution in [-0.2, 0) is 19.1 Å². The third-order valence-electron chi connectivity index (χ3n) is 5.33. The minimum atomic E-state index is -4.55. The van der Waals surface area contributed by atoms with Gasteiger partial charge in [0.25, 0.3) is 0 Å². The summed E-state index contributed by atoms with van der Waals surface area (Å²) >= 11 is 0. The highest BCUT2D eigenvalue weighted by molar-refractivity contribution is 5.67. The lowest BCUT2D eigenvalue weighted by Gasteiger charge is -2.30. The molecule has 6 nitrogen and oxygen atoms in total. The van der Waals surface area contributed by atoms with Crippen LogP contribution in [0.1, 0.15) is 33.8 Å². The molecule has 3 aromatic rings. The zero-order valence-electron chi connectivity index (χ0n) is 16.3. The van der Waals surface area contributed by atoms with E-state index in [0.29, 0.717) is 30.9 Å². The number of pyridine rings is 2. The van der Waals surface area contributed by atoms with Gasteiger partial charge in [0.05, 0.1) is 0 Å². The van der Waals surface area contributed by atoms with Crippen molar-refractivity contribution >= 4 is 5.82 Å². The molecule has 152 valence electrons. The first-order chi connectivity index (χ1) is 14.3. The van der Waals surface area contributed by atoms with Crippen LogP contribution in [0.3, 0.4) is 0 Å². The van der Waals surface area contributed by atoms with E-state index in [1.807, 2.05) is 24.8 Å². The van der Waals surface area contributed by atoms with Crippen LogP contribution in [0.5, 0.6) is 0 Å². The molecule has 0 spiro atoms. The zero-order chi connectivity index (χ0) is 21.5. The minimum absolute atomic E-state index is 0.00242. The average molecular weight is 410 g/mol. The third-order valence-corrected chi connectivity index (χ3v) is 5.33. The third kappa shape index (κ3) is 3.45. The molecule has 0 atom stereocenters. The topological polar surface area (TPSA) is 78.6 Å². The number of nitrogens with zero attached hydrogens (tertiary/aromatic N) is 6. The number of anilines is 1. The Morgan fingerprint density at radius 1 is 1.13 bits per heavy atom. The van der Waals surface area contributed by atoms with Crippen molar-refractivity contribution in [1.82, 2.24) is 20.2 Å². The molecule has 0 aliphatic carbocycles. The number of hydrogen-bond acceptors (Lipinski definition) is 6. The van der Waals surface area contributed by atoms with Crippen molar-refractivity contribution in [2.75, 3.05) is 11.4 Å². The van der Waals surface area contributed by atoms with Crippen molar-refractivity contribution in [2.45, 2.75) is 33.0 Å². The lowest BCUT2D eigenvalue weighted by Crippen LogP contribution is -2.32. The molecule has 0 saturated heterocycles. The second-order valence-corrected chi connectivity index (χ2v) is 7.13. The number of nitriles is 1. The Morgan fingerprint density at radius 3 is 2.67 bits per heavy atom. The highest BCUT2D eigenvalue weighted by Crippen LogP contribution is 2.36. The summed E-state index contributed by atoms with van der Waals surface area (Å²) in [5.41, 5.74) is 3.05. The maximum absolute atomic E-state index is 13.4. The van der Waals surface area contributed by atoms with E-state index in [-0.39, 0.29) is 11.3 Å². The van der Waals surface area contributed by atoms with Crippen LogP contribution >= 0.6 is 0 Å². The van der Waals surface area contributed by atoms with Gasteiger partial charge in [0.2, 0.25) is 0 Å². The van der Waals surface area contributed by atoms with Crippen LogP contribution in [0, 0.1) is 25.2 Å². The SMILES string of the molecule is Cc1c(C#N)nnc(N2CCc3ncc(-c4cccnc4C(F)(F)F)cc3C2)c1C. The lowest BCUT2D eigenvalue weighted by atomic mass is 9.98. The van der Waals surface area contributed by atoms with Gasteiger partial charge < -0.3 is 4.90 Å². The molecule has 0 N–H and O–H groups in total. The Bertz CT molecular complexity index is 1170. The Hall–Kier alpha value is -3.54. The monoisotopic (exact) mass is 410 g/mol. The van der Waals surface area contributed by atoms with Gasteiger partial charge in [0.1, 0.15) is 6.07 Å². The Kier molecular flexibility index (Phi) is 4.86. The van der Waals surface area contributed by atoms with Crippen molar-refractivity contribution in [3.63, 3.8) is 0 Å². The quantitative estimate of drug-likeness (QED) is 0.635. The predicted molar refractivity (Wildman–Crippen MR) is 103 cm³/mol. The molecule has 9 heteroatoms. The highest BCUT2D eigenvalue weighted by Gasteiger charge is 2.35. The fraction of sp³-hybridized carbons (Fsp3) is 0.286. The van der Waals surface area contributed by atoms with Crippen molar-refractivity contribution < 1.29 is 13.2 Å². The average Bonchev–Trinajstić information content (AvgIpc) is 2.74. The maximum Gasteiger partial charge on any atom is 0.433 e. The number of alkyl halides is 3. The molecule has 0 saturated carbocycles. The molecule has 30 heavy (non-hydrogen) atoms. The van der Waals surface area contributed by atoms with Gasteiger partial charge >= 0.3 is 6.18 Å². The molecule has 0 amide bonds. The summed E-state index contributed by atoms with van der Waals surface area (Å²) in [5, 5.41) is 17.3. The zero-order valence-corrected chi connectivity index (χ0v) is 16.3. The maximum atomic E-state index is 13.4. The molecule has 0 aromatic carbocycles. The van der Waals surface area contributed by atoms with Crippen LogP contribution < -0.4 is 4.90 Å². The summed E-state index contributed by atoms with van der Waals surface area (Å²) < 4.78 is 40.1. The predicted octanol–water partition coefficient (Wildman–Crippen LogP) is 4.00. The Morgan fingerprint density at radius 2 is 1.93 bits per heavy atom. The summed E-state index contributed by atoms with van der Waals surface area (Å²) in [6, 6.07) is 6.64. The number of halogens is 3. The molecule has 0 unspecified atom stereocenters. The largest absolute Gasteiger partial charge is 0.433 e. The van der Waals surface area contributed by atoms with E-state index in [4.69, 9.17) is 5.26 Å². The van der Waals surface area contributed by atoms with Gasteiger partial charge in [-0.05, 0) is 42.7 Å². The normalized spacial score (nSPS) is 13.7. The number of rotatable bonds is 2. The molecule has 0 fully saturated rings. The fourth-order valence-electron chi connectivity index (χ4n) is 3.62. The first-order valence-electron chi connectivity index (χ1n) is 9.29. The number of aromatic nitrogens is 4. The highest BCUT2D eigenvalue weighted by atomic mass is 19.4. The Balaban J connectivity index is 1.71. The van der Waals surface area contributed by atoms with E-state index < -0.39 is 11.9 Å². The molecule has 1 aliphatic heterocycles. The second kappa shape index (κ2) is 7.37. The molecule has 3 aromatic heterocycles. The van der Waals surface area contributed by atoms with Crippen LogP contribution in [0.25, 0.3) is 11.1 Å². The number of fused-ring (bicyclic) bond motifs is 1. The van der Waals surface area contributed by atoms with Gasteiger partial charge in [-0.1, -0.05) is 6.07 Å². The van der Waals surface area contributed by atoms with Crippen LogP contribution in [0.15, 0.2) is 30.6 Å². The van der Waals surface area contributed by atoms with Gasteiger partial charge in [-0.2, -0.15) is 18.4 Å². The summed E-state index contributed by atoms with van der Waals surface area (Å²) in [6.07, 6.45) is -1.31. The molecule has 0 bridgehead atoms. The molecular weight excluding hydrogens is 393 g/mol. The van der Waals surface area contributed by atoms with Crippen molar-refractivity contribution in [1.29, 1.82) is 5.26 Å². The van der Waals surface area contributed by atoms with Gasteiger partial charge in [0.15, 0.2) is 17.2 Å². The number of hydrogen-bond donors (Lipinski definition) is 0. The second-order valence-electron chi connectivity index (χ2n) is 7.13. The van der Waals surface area contributed by atoms with E-state index in [2.05, 4.69) is 20.2 Å². The summed E-state index contributed by atoms with van der Waals surface area (Å²) in [6.45, 7) is 4.81. The molecule has 4 heterocycles. The van der Waals surface area contributed by atoms with E-state index in [1.54, 1.807) is 6.07 Å². The lowest BCUT2D eigenvalue weighted by molar-refractivity contribution is -0.140. The van der Waals surface area contributed by atoms with E-state index in [1.165, 1.54) is 18.3 Å². The first kappa shape index (κ1) is 19.8. The van der Waals surface area contributed by atoms with E-state index in [9.17, 15) is 13.2 Å². The standard InChI is InChI=1S/C21H17F3N6/c1-12-13(2)20(29-28-18(12)9-25)30-7-5-17-15(11-30)8-14(10-27-17)16-4-3-6-26-19(16)21(22,23)24/h3-4,6,8,10H,5,7,11H2,1-2H3. The molecule has 0 radical (unpaired) electrons. The van der Waals surface area contributed by atoms with Crippen molar-refractivity contribution in [3.8, 4) is 17.2 Å². The van der Waals surface area contributed by atoms with Gasteiger partial charge in [-0.3, -0.25) is 9.97 Å². The van der Waals surface area contributed by atoms with Gasteiger partial charge in [-0.25, -0.2) is 0 Å². The fourth-order valence-corrected chi connectivity index (χ4v) is 3.62. The van der Waals surface area contributed by atoms with Crippen LogP contribution in [0.2, 0.25) is 0 Å². The van der Waals surface area contributed by atoms with Crippen LogP contribution in [-0.4, -0.2) is 26.7 Å². The summed E-state index contributed by atoms with van der Waals surface area (Å²) in [4.78, 5) is 9.96. The molecule has 1 aliphatic rings. The van der Waals surface area contributed by atoms with E-state index >= 15 is 0 Å². The smallest absolute Gasteiger partial charge is 0.350 e. The summed E-state index contributed by atoms with van der Waals surface area (Å²) in [7, 11) is 0. The molecular formula is C21H17F3N6. The van der Waals surface area contributed by atoms with Crippen molar-refractivity contribution in [3.05, 3.63) is 64.4 Å². The van der Waals surface area contributed by atoms with E-state index in [0.717, 1.165) is 28.6 Å². The van der Waals surface area contributed by atoms with Gasteiger partial charge in [-0.15, -0.1) is 10.2 Å². The molecule has 4 rings (SSSR count). The van der Waals surface area contributed by atoms with Crippen LogP contribution in [0.4, 0.5) is 19.0 Å². The van der Waals surface area contributed by atoms with Gasteiger partial charge in [0, 0.05) is 48.7 Å². The van der Waals surface area contributed by atoms with Crippen molar-refractivity contribution in [2.24, 2.45) is 0 Å². The summed E-state index contributed by atoms with van der Waals surface area (Å²) in [5.74, 6) is 0.667. The Labute approximate surface area is 171 Å². The minimum Gasteiger partial charge on any atom is -0.350 e.